The molecule has 1 heterocycles. The Morgan fingerprint density at radius 1 is 0.553 bits per heavy atom. The number of aromatic nitrogens is 1. The molecule has 0 aliphatic heterocycles. The Morgan fingerprint density at radius 3 is 1.77 bits per heavy atom. The summed E-state index contributed by atoms with van der Waals surface area (Å²) in [6.07, 6.45) is -0.404. The van der Waals surface area contributed by atoms with Gasteiger partial charge in [0.05, 0.1) is 17.9 Å². The number of hydrogen-bond donors (Lipinski definition) is 14. The van der Waals surface area contributed by atoms with Gasteiger partial charge in [0.15, 0.2) is 0 Å². The average molecular weight is 1460 g/mol. The quantitative estimate of drug-likeness (QED) is 0.0251. The summed E-state index contributed by atoms with van der Waals surface area (Å²) in [5, 5.41) is 49.4. The summed E-state index contributed by atoms with van der Waals surface area (Å²) in [5.74, 6) is -13.0. The third-order valence-corrected chi connectivity index (χ3v) is 17.1. The van der Waals surface area contributed by atoms with E-state index in [4.69, 9.17) is 5.73 Å². The van der Waals surface area contributed by atoms with Gasteiger partial charge in [-0.05, 0) is 129 Å². The van der Waals surface area contributed by atoms with Crippen LogP contribution in [0, 0.1) is 12.7 Å². The number of rotatable bonds is 40. The Balaban J connectivity index is 1.24. The van der Waals surface area contributed by atoms with Crippen molar-refractivity contribution >= 4 is 124 Å². The maximum absolute atomic E-state index is 14.6. The summed E-state index contributed by atoms with van der Waals surface area (Å²) >= 11 is 6.54. The fourth-order valence-electron chi connectivity index (χ4n) is 9.65. The molecule has 0 saturated heterocycles. The first kappa shape index (κ1) is 75.6. The summed E-state index contributed by atoms with van der Waals surface area (Å²) < 4.78 is 44.8. The van der Waals surface area contributed by atoms with Crippen molar-refractivity contribution in [3.05, 3.63) is 134 Å². The van der Waals surface area contributed by atoms with E-state index in [2.05, 4.69) is 79.4 Å². The molecular weight excluding hydrogens is 1380 g/mol. The highest BCUT2D eigenvalue weighted by Crippen LogP contribution is 2.22. The Morgan fingerprint density at radius 2 is 1.14 bits per heavy atom. The predicted molar refractivity (Wildman–Crippen MR) is 345 cm³/mol. The van der Waals surface area contributed by atoms with Crippen molar-refractivity contribution in [1.82, 2.24) is 52.2 Å². The van der Waals surface area contributed by atoms with Gasteiger partial charge in [-0.25, -0.2) is 12.8 Å². The Hall–Kier alpha value is -9.14. The van der Waals surface area contributed by atoms with Crippen molar-refractivity contribution < 1.29 is 85.7 Å². The van der Waals surface area contributed by atoms with Crippen LogP contribution in [0.5, 0.6) is 0 Å². The van der Waals surface area contributed by atoms with Crippen molar-refractivity contribution in [1.29, 1.82) is 0 Å². The molecule has 15 N–H and O–H groups in total. The summed E-state index contributed by atoms with van der Waals surface area (Å²) in [5.41, 5.74) is 7.54. The molecule has 94 heavy (non-hydrogen) atoms. The number of carboxylic acid groups (broad SMARTS) is 3. The molecule has 5 rings (SSSR count). The molecule has 0 saturated carbocycles. The van der Waals surface area contributed by atoms with E-state index in [1.54, 1.807) is 54.7 Å². The summed E-state index contributed by atoms with van der Waals surface area (Å²) in [7, 11) is -4.59. The molecule has 28 nitrogen and oxygen atoms in total. The number of nitrogens with two attached hydrogens (primary N) is 1. The zero-order valence-electron chi connectivity index (χ0n) is 50.9. The lowest BCUT2D eigenvalue weighted by atomic mass is 10.0. The second-order valence-electron chi connectivity index (χ2n) is 21.8. The fourth-order valence-corrected chi connectivity index (χ4v) is 11.8. The molecule has 0 aliphatic carbocycles. The van der Waals surface area contributed by atoms with Gasteiger partial charge in [-0.15, -0.1) is 0 Å². The lowest BCUT2D eigenvalue weighted by molar-refractivity contribution is -0.140. The first-order chi connectivity index (χ1) is 44.6. The minimum Gasteiger partial charge on any atom is -0.481 e. The number of hydrogen-bond acceptors (Lipinski definition) is 14. The summed E-state index contributed by atoms with van der Waals surface area (Å²) in [6, 6.07) is 13.1. The number of aromatic amines is 1. The highest BCUT2D eigenvalue weighted by molar-refractivity contribution is 9.10. The zero-order valence-corrected chi connectivity index (χ0v) is 54.9. The number of halogens is 3. The zero-order chi connectivity index (χ0) is 69.1. The van der Waals surface area contributed by atoms with Gasteiger partial charge >= 0.3 is 17.9 Å². The Kier molecular flexibility index (Phi) is 30.2. The SMILES string of the molecule is Cc1cc(Br)ccc1S(=O)(=O)NC(CC(=O)O)C(=O)NC(CCC(=O)O)C(=O)NCC(=O)NC(Cc1cccc(F)c1)C(=O)NC(Cc1c[nH]c2ccccc12)C(=O)NC(CCC(=O)O)C(=O)NCCCCCC(=O)NC(CCCCNC(=O)c1ccc(Br)cc1)C(N)=O. The second-order valence-corrected chi connectivity index (χ2v) is 25.4. The van der Waals surface area contributed by atoms with Crippen LogP contribution in [-0.2, 0) is 75.6 Å². The standard InChI is InChI=1S/C62H74Br2FN11O17S/c1-35-28-40(64)20-23-50(35)94(92,93)76-49(32-55(83)84)62(91)74-46(22-25-54(81)82)59(88)70-34-52(78)72-47(30-36-10-9-11-41(65)29-36)60(89)75-48(31-38-33-69-43-13-5-4-12-42(38)43)61(90)73-45(21-24-53(79)80)58(87)68-26-7-2-3-15-51(77)71-44(56(66)85)14-6-8-27-67-57(86)37-16-18-39(63)19-17-37/h4-5,9-13,16-20,23,28-29,33,44-49,69,76H,2-3,6-8,14-15,21-22,24-27,30-32,34H2,1H3,(H2,66,85)(H,67,86)(H,68,87)(H,70,88)(H,71,77)(H,72,78)(H,73,90)(H,74,91)(H,75,89)(H,79,80)(H,81,82)(H,83,84). The number of unbranched alkanes of at least 4 members (excludes halogenated alkanes) is 3. The first-order valence-corrected chi connectivity index (χ1v) is 32.8. The van der Waals surface area contributed by atoms with E-state index >= 15 is 0 Å². The lowest BCUT2D eigenvalue weighted by Crippen LogP contribution is -2.58. The number of benzene rings is 4. The predicted octanol–water partition coefficient (Wildman–Crippen LogP) is 2.78. The van der Waals surface area contributed by atoms with Crippen molar-refractivity contribution in [2.24, 2.45) is 5.73 Å². The second kappa shape index (κ2) is 37.5. The van der Waals surface area contributed by atoms with Gasteiger partial charge in [0.1, 0.15) is 42.1 Å². The molecule has 0 spiro atoms. The van der Waals surface area contributed by atoms with Crippen LogP contribution in [0.4, 0.5) is 4.39 Å². The molecule has 9 amide bonds. The van der Waals surface area contributed by atoms with Crippen LogP contribution in [0.15, 0.2) is 111 Å². The van der Waals surface area contributed by atoms with E-state index in [1.165, 1.54) is 37.3 Å². The number of H-pyrrole nitrogens is 1. The maximum Gasteiger partial charge on any atom is 0.305 e. The van der Waals surface area contributed by atoms with E-state index in [9.17, 15) is 85.7 Å². The largest absolute Gasteiger partial charge is 0.481 e. The van der Waals surface area contributed by atoms with Crippen LogP contribution in [0.2, 0.25) is 0 Å². The highest BCUT2D eigenvalue weighted by Gasteiger charge is 2.34. The number of fused-ring (bicyclic) bond motifs is 1. The van der Waals surface area contributed by atoms with Gasteiger partial charge in [0.2, 0.25) is 57.3 Å². The maximum atomic E-state index is 14.6. The minimum atomic E-state index is -4.59. The molecule has 0 aliphatic rings. The molecule has 5 aromatic rings. The van der Waals surface area contributed by atoms with Crippen molar-refractivity contribution in [3.63, 3.8) is 0 Å². The van der Waals surface area contributed by atoms with Gasteiger partial charge in [-0.1, -0.05) is 68.6 Å². The molecule has 506 valence electrons. The van der Waals surface area contributed by atoms with Crippen LogP contribution in [-0.4, -0.2) is 156 Å². The normalized spacial score (nSPS) is 13.1. The fraction of sp³-hybridized carbons (Fsp3) is 0.387. The van der Waals surface area contributed by atoms with Gasteiger partial charge in [0.25, 0.3) is 5.91 Å². The number of nitrogens with one attached hydrogen (secondary N) is 10. The monoisotopic (exact) mass is 1450 g/mol. The average Bonchev–Trinajstić information content (AvgIpc) is 1.35. The van der Waals surface area contributed by atoms with Crippen LogP contribution in [0.3, 0.4) is 0 Å². The van der Waals surface area contributed by atoms with Gasteiger partial charge in [-0.3, -0.25) is 57.5 Å². The molecule has 0 radical (unpaired) electrons. The number of para-hydroxylation sites is 1. The van der Waals surface area contributed by atoms with Crippen molar-refractivity contribution in [3.8, 4) is 0 Å². The van der Waals surface area contributed by atoms with E-state index in [0.29, 0.717) is 65.2 Å². The van der Waals surface area contributed by atoms with Crippen LogP contribution in [0.1, 0.15) is 104 Å². The topological polar surface area (TPSA) is 450 Å². The van der Waals surface area contributed by atoms with E-state index in [-0.39, 0.29) is 47.7 Å². The number of primary amides is 1. The molecule has 0 fully saturated rings. The van der Waals surface area contributed by atoms with Crippen LogP contribution >= 0.6 is 31.9 Å². The van der Waals surface area contributed by atoms with E-state index < -0.39 is 162 Å². The number of carboxylic acids is 3. The Labute approximate surface area is 556 Å². The minimum absolute atomic E-state index is 0.00780. The number of amides is 9. The number of carbonyl (C=O) groups is 12. The number of carbonyl (C=O) groups excluding carboxylic acids is 9. The lowest BCUT2D eigenvalue weighted by Gasteiger charge is -2.26. The molecule has 32 heteroatoms. The summed E-state index contributed by atoms with van der Waals surface area (Å²) in [4.78, 5) is 159. The van der Waals surface area contributed by atoms with Crippen LogP contribution in [0.25, 0.3) is 10.9 Å². The third-order valence-electron chi connectivity index (χ3n) is 14.5. The van der Waals surface area contributed by atoms with Crippen LogP contribution < -0.4 is 53.0 Å². The molecule has 6 atom stereocenters. The summed E-state index contributed by atoms with van der Waals surface area (Å²) in [6.45, 7) is 0.807. The number of sulfonamides is 1. The van der Waals surface area contributed by atoms with Gasteiger partial charge < -0.3 is 68.6 Å². The van der Waals surface area contributed by atoms with Crippen molar-refractivity contribution in [2.75, 3.05) is 19.6 Å². The van der Waals surface area contributed by atoms with E-state index in [0.717, 1.165) is 16.6 Å². The van der Waals surface area contributed by atoms with Gasteiger partial charge in [-0.2, -0.15) is 4.72 Å². The first-order valence-electron chi connectivity index (χ1n) is 29.7. The molecule has 6 unspecified atom stereocenters. The van der Waals surface area contributed by atoms with E-state index in [1.807, 2.05) is 4.72 Å². The highest BCUT2D eigenvalue weighted by atomic mass is 79.9. The molecule has 0 bridgehead atoms. The molecule has 1 aromatic heterocycles. The smallest absolute Gasteiger partial charge is 0.305 e. The number of aliphatic carboxylic acids is 3. The van der Waals surface area contributed by atoms with Crippen molar-refractivity contribution in [2.45, 2.75) is 138 Å². The third kappa shape index (κ3) is 25.7. The van der Waals surface area contributed by atoms with Gasteiger partial charge in [0, 0.05) is 76.8 Å². The number of aryl methyl sites for hydroxylation is 1. The molecular formula is C62H74Br2FN11O17S. The Bertz CT molecular complexity index is 3670. The molecule has 4 aromatic carbocycles.